The Hall–Kier alpha value is -2.12. The van der Waals surface area contributed by atoms with Gasteiger partial charge in [0.05, 0.1) is 12.8 Å². The fourth-order valence-corrected chi connectivity index (χ4v) is 1.13. The minimum absolute atomic E-state index is 0.0716. The van der Waals surface area contributed by atoms with Crippen LogP contribution in [0.3, 0.4) is 0 Å². The van der Waals surface area contributed by atoms with Crippen LogP contribution in [0.2, 0.25) is 0 Å². The maximum absolute atomic E-state index is 10.4. The van der Waals surface area contributed by atoms with Crippen LogP contribution in [0, 0.1) is 0 Å². The van der Waals surface area contributed by atoms with E-state index in [0.29, 0.717) is 0 Å². The van der Waals surface area contributed by atoms with E-state index in [2.05, 4.69) is 10.2 Å². The lowest BCUT2D eigenvalue weighted by molar-refractivity contribution is -0.137. The molecule has 0 amide bonds. The van der Waals surface area contributed by atoms with Gasteiger partial charge < -0.3 is 15.2 Å². The van der Waals surface area contributed by atoms with Crippen LogP contribution in [0.5, 0.6) is 0 Å². The lowest BCUT2D eigenvalue weighted by Crippen LogP contribution is -2.37. The largest absolute Gasteiger partial charge is 0.481 e. The van der Waals surface area contributed by atoms with Crippen LogP contribution in [0.4, 0.5) is 0 Å². The van der Waals surface area contributed by atoms with Crippen molar-refractivity contribution in [2.45, 2.75) is 12.8 Å². The molecule has 0 aliphatic rings. The van der Waals surface area contributed by atoms with Crippen molar-refractivity contribution >= 4 is 11.9 Å². The summed E-state index contributed by atoms with van der Waals surface area (Å²) in [6, 6.07) is 0. The first-order valence-electron chi connectivity index (χ1n) is 4.63. The Kier molecular flexibility index (Phi) is 4.25. The van der Waals surface area contributed by atoms with E-state index < -0.39 is 11.9 Å². The quantitative estimate of drug-likeness (QED) is 0.626. The van der Waals surface area contributed by atoms with E-state index in [4.69, 9.17) is 10.2 Å². The number of rotatable bonds is 7. The van der Waals surface area contributed by atoms with Crippen LogP contribution >= 0.6 is 0 Å². The van der Waals surface area contributed by atoms with E-state index in [1.165, 1.54) is 17.3 Å². The fourth-order valence-electron chi connectivity index (χ4n) is 1.13. The number of aliphatic carboxylic acids is 2. The second-order valence-corrected chi connectivity index (χ2v) is 3.08. The first kappa shape index (κ1) is 12.0. The van der Waals surface area contributed by atoms with Crippen molar-refractivity contribution in [3.8, 4) is 0 Å². The highest BCUT2D eigenvalue weighted by molar-refractivity contribution is 5.68. The topological polar surface area (TPSA) is 109 Å². The summed E-state index contributed by atoms with van der Waals surface area (Å²) >= 11 is 0. The summed E-state index contributed by atoms with van der Waals surface area (Å²) in [6.07, 6.45) is 2.64. The summed E-state index contributed by atoms with van der Waals surface area (Å²) in [5.41, 5.74) is 0. The second kappa shape index (κ2) is 5.69. The van der Waals surface area contributed by atoms with Gasteiger partial charge in [0.25, 0.3) is 0 Å². The smallest absolute Gasteiger partial charge is 0.305 e. The molecule has 1 rings (SSSR count). The van der Waals surface area contributed by atoms with Crippen LogP contribution in [0.25, 0.3) is 0 Å². The highest BCUT2D eigenvalue weighted by Crippen LogP contribution is 1.95. The van der Waals surface area contributed by atoms with Gasteiger partial charge >= 0.3 is 11.9 Å². The Labute approximate surface area is 91.1 Å². The van der Waals surface area contributed by atoms with Gasteiger partial charge in [0, 0.05) is 13.1 Å². The first-order chi connectivity index (χ1) is 7.59. The zero-order valence-corrected chi connectivity index (χ0v) is 8.48. The molecule has 0 atom stereocenters. The molecular formula is C8H12N4O4. The van der Waals surface area contributed by atoms with Gasteiger partial charge in [-0.1, -0.05) is 0 Å². The number of nitrogens with zero attached hydrogens (tertiary/aromatic N) is 4. The van der Waals surface area contributed by atoms with Gasteiger partial charge in [-0.3, -0.25) is 9.59 Å². The molecule has 0 saturated carbocycles. The van der Waals surface area contributed by atoms with Gasteiger partial charge in [0.15, 0.2) is 0 Å². The molecule has 0 fully saturated rings. The second-order valence-electron chi connectivity index (χ2n) is 3.08. The molecule has 8 heteroatoms. The van der Waals surface area contributed by atoms with Crippen LogP contribution in [-0.4, -0.2) is 50.1 Å². The van der Waals surface area contributed by atoms with Crippen LogP contribution < -0.4 is 5.01 Å². The third-order valence-corrected chi connectivity index (χ3v) is 1.90. The fraction of sp³-hybridized carbons (Fsp3) is 0.500. The molecule has 0 saturated heterocycles. The molecule has 0 aliphatic heterocycles. The van der Waals surface area contributed by atoms with Gasteiger partial charge in [-0.2, -0.15) is 0 Å². The van der Waals surface area contributed by atoms with Crippen LogP contribution in [-0.2, 0) is 9.59 Å². The summed E-state index contributed by atoms with van der Waals surface area (Å²) in [7, 11) is 0. The first-order valence-corrected chi connectivity index (χ1v) is 4.63. The van der Waals surface area contributed by atoms with Crippen molar-refractivity contribution < 1.29 is 19.8 Å². The van der Waals surface area contributed by atoms with E-state index in [0.717, 1.165) is 0 Å². The van der Waals surface area contributed by atoms with E-state index in [-0.39, 0.29) is 25.9 Å². The lowest BCUT2D eigenvalue weighted by atomic mass is 10.3. The highest BCUT2D eigenvalue weighted by Gasteiger charge is 2.09. The molecule has 88 valence electrons. The van der Waals surface area contributed by atoms with Gasteiger partial charge in [-0.15, -0.1) is 10.2 Å². The standard InChI is InChI=1S/C8H12N4O4/c13-7(14)1-3-11(4-2-8(15)16)12-5-9-10-6-12/h5-6H,1-4H2,(H,13,14)(H,15,16). The van der Waals surface area contributed by atoms with E-state index in [1.54, 1.807) is 5.01 Å². The predicted octanol–water partition coefficient (Wildman–Crippen LogP) is -0.835. The molecule has 1 aromatic rings. The summed E-state index contributed by atoms with van der Waals surface area (Å²) in [6.45, 7) is 0.418. The summed E-state index contributed by atoms with van der Waals surface area (Å²) in [4.78, 5) is 20.9. The number of hydrogen-bond donors (Lipinski definition) is 2. The molecule has 0 aliphatic carbocycles. The van der Waals surface area contributed by atoms with Gasteiger partial charge in [-0.25, -0.2) is 4.68 Å². The van der Waals surface area contributed by atoms with Crippen molar-refractivity contribution in [2.24, 2.45) is 0 Å². The van der Waals surface area contributed by atoms with Gasteiger partial charge in [0.1, 0.15) is 12.7 Å². The highest BCUT2D eigenvalue weighted by atomic mass is 16.4. The Morgan fingerprint density at radius 3 is 1.88 bits per heavy atom. The molecule has 2 N–H and O–H groups in total. The molecule has 1 heterocycles. The molecule has 0 aromatic carbocycles. The Morgan fingerprint density at radius 1 is 1.06 bits per heavy atom. The number of hydrogen-bond acceptors (Lipinski definition) is 5. The number of aromatic nitrogens is 3. The molecule has 16 heavy (non-hydrogen) atoms. The third kappa shape index (κ3) is 3.95. The third-order valence-electron chi connectivity index (χ3n) is 1.90. The van der Waals surface area contributed by atoms with Crippen molar-refractivity contribution in [1.29, 1.82) is 0 Å². The van der Waals surface area contributed by atoms with E-state index in [9.17, 15) is 9.59 Å². The van der Waals surface area contributed by atoms with Crippen molar-refractivity contribution in [3.05, 3.63) is 12.7 Å². The molecule has 1 aromatic heterocycles. The average molecular weight is 228 g/mol. The average Bonchev–Trinajstić information content (AvgIpc) is 2.70. The minimum atomic E-state index is -0.937. The van der Waals surface area contributed by atoms with Crippen molar-refractivity contribution in [3.63, 3.8) is 0 Å². The molecule has 0 bridgehead atoms. The van der Waals surface area contributed by atoms with Crippen LogP contribution in [0.1, 0.15) is 12.8 Å². The van der Waals surface area contributed by atoms with Crippen molar-refractivity contribution in [1.82, 2.24) is 14.9 Å². The van der Waals surface area contributed by atoms with E-state index >= 15 is 0 Å². The van der Waals surface area contributed by atoms with Gasteiger partial charge in [-0.05, 0) is 0 Å². The predicted molar refractivity (Wildman–Crippen MR) is 52.5 cm³/mol. The summed E-state index contributed by atoms with van der Waals surface area (Å²) in [5.74, 6) is -1.87. The minimum Gasteiger partial charge on any atom is -0.481 e. The zero-order valence-electron chi connectivity index (χ0n) is 8.48. The Morgan fingerprint density at radius 2 is 1.50 bits per heavy atom. The van der Waals surface area contributed by atoms with Gasteiger partial charge in [0.2, 0.25) is 0 Å². The molecule has 0 unspecified atom stereocenters. The zero-order chi connectivity index (χ0) is 12.0. The SMILES string of the molecule is O=C(O)CCN(CCC(=O)O)n1cnnc1. The Bertz CT molecular complexity index is 333. The molecular weight excluding hydrogens is 216 g/mol. The Balaban J connectivity index is 2.55. The summed E-state index contributed by atoms with van der Waals surface area (Å²) in [5, 5.41) is 25.8. The monoisotopic (exact) mass is 228 g/mol. The maximum atomic E-state index is 10.4. The number of carbonyl (C=O) groups is 2. The molecule has 0 radical (unpaired) electrons. The number of carboxylic acids is 2. The van der Waals surface area contributed by atoms with Crippen LogP contribution in [0.15, 0.2) is 12.7 Å². The molecule has 8 nitrogen and oxygen atoms in total. The number of carboxylic acid groups (broad SMARTS) is 2. The summed E-state index contributed by atoms with van der Waals surface area (Å²) < 4.78 is 1.48. The lowest BCUT2D eigenvalue weighted by Gasteiger charge is -2.23. The normalized spacial score (nSPS) is 10.0. The van der Waals surface area contributed by atoms with Crippen molar-refractivity contribution in [2.75, 3.05) is 18.1 Å². The van der Waals surface area contributed by atoms with E-state index in [1.807, 2.05) is 0 Å². The maximum Gasteiger partial charge on any atom is 0.305 e. The molecule has 0 spiro atoms.